The summed E-state index contributed by atoms with van der Waals surface area (Å²) in [7, 11) is 0. The maximum absolute atomic E-state index is 9.94. The van der Waals surface area contributed by atoms with Crippen LogP contribution >= 0.6 is 0 Å². The predicted molar refractivity (Wildman–Crippen MR) is 68.3 cm³/mol. The van der Waals surface area contributed by atoms with Gasteiger partial charge in [-0.1, -0.05) is 0 Å². The highest BCUT2D eigenvalue weighted by Gasteiger charge is 2.29. The van der Waals surface area contributed by atoms with Crippen molar-refractivity contribution in [3.05, 3.63) is 16.8 Å². The molecular weight excluding hydrogens is 228 g/mol. The van der Waals surface area contributed by atoms with Gasteiger partial charge in [0, 0.05) is 13.1 Å². The topological polar surface area (TPSA) is 73.0 Å². The average molecular weight is 246 g/mol. The van der Waals surface area contributed by atoms with Gasteiger partial charge in [-0.25, -0.2) is 0 Å². The third-order valence-corrected chi connectivity index (χ3v) is 3.69. The molecule has 18 heavy (non-hydrogen) atoms. The van der Waals surface area contributed by atoms with Crippen molar-refractivity contribution in [1.29, 1.82) is 5.26 Å². The van der Waals surface area contributed by atoms with E-state index in [1.807, 2.05) is 25.7 Å². The number of aromatic nitrogens is 2. The highest BCUT2D eigenvalue weighted by molar-refractivity contribution is 5.57. The lowest BCUT2D eigenvalue weighted by Crippen LogP contribution is -2.43. The van der Waals surface area contributed by atoms with Crippen molar-refractivity contribution in [3.63, 3.8) is 0 Å². The quantitative estimate of drug-likeness (QED) is 0.809. The maximum Gasteiger partial charge on any atom is 0.169 e. The number of hydrogen-bond acceptors (Lipinski definition) is 5. The van der Waals surface area contributed by atoms with Gasteiger partial charge in [0.2, 0.25) is 0 Å². The molecule has 5 heteroatoms. The van der Waals surface area contributed by atoms with E-state index in [2.05, 4.69) is 16.3 Å². The van der Waals surface area contributed by atoms with Crippen LogP contribution in [0.15, 0.2) is 0 Å². The number of aryl methyl sites for hydroxylation is 1. The number of aliphatic hydroxyl groups is 1. The lowest BCUT2D eigenvalue weighted by Gasteiger charge is -2.36. The van der Waals surface area contributed by atoms with Crippen molar-refractivity contribution in [2.45, 2.75) is 39.2 Å². The van der Waals surface area contributed by atoms with Crippen molar-refractivity contribution < 1.29 is 5.11 Å². The van der Waals surface area contributed by atoms with E-state index >= 15 is 0 Å². The molecule has 0 atom stereocenters. The second-order valence-corrected chi connectivity index (χ2v) is 5.20. The molecule has 1 aromatic rings. The van der Waals surface area contributed by atoms with Crippen LogP contribution in [0.1, 0.15) is 36.6 Å². The lowest BCUT2D eigenvalue weighted by molar-refractivity contribution is 0.0350. The van der Waals surface area contributed by atoms with Crippen LogP contribution in [0.25, 0.3) is 0 Å². The van der Waals surface area contributed by atoms with Gasteiger partial charge in [0.05, 0.1) is 11.3 Å². The van der Waals surface area contributed by atoms with Crippen molar-refractivity contribution >= 4 is 5.82 Å². The molecule has 0 spiro atoms. The number of rotatable bonds is 1. The molecule has 96 valence electrons. The van der Waals surface area contributed by atoms with Gasteiger partial charge in [-0.3, -0.25) is 0 Å². The van der Waals surface area contributed by atoms with E-state index < -0.39 is 5.60 Å². The SMILES string of the molecule is Cc1nnc(N2CCC(C)(O)CC2)c(C#N)c1C. The van der Waals surface area contributed by atoms with Crippen LogP contribution in [-0.2, 0) is 0 Å². The molecule has 1 aliphatic heterocycles. The van der Waals surface area contributed by atoms with E-state index in [4.69, 9.17) is 0 Å². The van der Waals surface area contributed by atoms with Crippen molar-refractivity contribution in [1.82, 2.24) is 10.2 Å². The lowest BCUT2D eigenvalue weighted by atomic mass is 9.93. The highest BCUT2D eigenvalue weighted by atomic mass is 16.3. The van der Waals surface area contributed by atoms with E-state index in [1.165, 1.54) is 0 Å². The maximum atomic E-state index is 9.94. The van der Waals surface area contributed by atoms with E-state index in [9.17, 15) is 10.4 Å². The van der Waals surface area contributed by atoms with Crippen molar-refractivity contribution in [2.24, 2.45) is 0 Å². The average Bonchev–Trinajstić information content (AvgIpc) is 2.33. The summed E-state index contributed by atoms with van der Waals surface area (Å²) >= 11 is 0. The standard InChI is InChI=1S/C13H18N4O/c1-9-10(2)15-16-12(11(9)8-14)17-6-4-13(3,18)5-7-17/h18H,4-7H2,1-3H3. The number of nitrogens with zero attached hydrogens (tertiary/aromatic N) is 4. The normalized spacial score (nSPS) is 18.5. The van der Waals surface area contributed by atoms with Gasteiger partial charge in [0.1, 0.15) is 11.6 Å². The van der Waals surface area contributed by atoms with Crippen molar-refractivity contribution in [2.75, 3.05) is 18.0 Å². The molecule has 1 N–H and O–H groups in total. The molecule has 0 aliphatic carbocycles. The first-order chi connectivity index (χ1) is 8.44. The van der Waals surface area contributed by atoms with Crippen molar-refractivity contribution in [3.8, 4) is 6.07 Å². The molecule has 1 fully saturated rings. The molecule has 1 aliphatic rings. The second kappa shape index (κ2) is 4.54. The molecule has 1 saturated heterocycles. The third-order valence-electron chi connectivity index (χ3n) is 3.69. The first kappa shape index (κ1) is 12.8. The predicted octanol–water partition coefficient (Wildman–Crippen LogP) is 1.32. The molecule has 0 radical (unpaired) electrons. The summed E-state index contributed by atoms with van der Waals surface area (Å²) < 4.78 is 0. The minimum absolute atomic E-state index is 0.601. The molecule has 0 amide bonds. The monoisotopic (exact) mass is 246 g/mol. The van der Waals surface area contributed by atoms with Gasteiger partial charge in [0.15, 0.2) is 5.82 Å². The van der Waals surface area contributed by atoms with Gasteiger partial charge < -0.3 is 10.0 Å². The number of piperidine rings is 1. The van der Waals surface area contributed by atoms with Gasteiger partial charge in [-0.05, 0) is 39.2 Å². The Morgan fingerprint density at radius 3 is 2.44 bits per heavy atom. The minimum Gasteiger partial charge on any atom is -0.390 e. The largest absolute Gasteiger partial charge is 0.390 e. The molecule has 1 aromatic heterocycles. The van der Waals surface area contributed by atoms with E-state index in [0.29, 0.717) is 37.3 Å². The fourth-order valence-electron chi connectivity index (χ4n) is 2.15. The van der Waals surface area contributed by atoms with Crippen LogP contribution in [0.3, 0.4) is 0 Å². The zero-order chi connectivity index (χ0) is 13.3. The molecule has 0 aromatic carbocycles. The number of hydrogen-bond donors (Lipinski definition) is 1. The Morgan fingerprint density at radius 1 is 1.28 bits per heavy atom. The summed E-state index contributed by atoms with van der Waals surface area (Å²) in [6.45, 7) is 7.01. The van der Waals surface area contributed by atoms with E-state index in [1.54, 1.807) is 0 Å². The second-order valence-electron chi connectivity index (χ2n) is 5.20. The summed E-state index contributed by atoms with van der Waals surface area (Å²) in [6, 6.07) is 2.22. The zero-order valence-corrected chi connectivity index (χ0v) is 11.1. The Bertz CT molecular complexity index is 494. The van der Waals surface area contributed by atoms with Crippen LogP contribution in [-0.4, -0.2) is 34.0 Å². The Kier molecular flexibility index (Phi) is 3.22. The van der Waals surface area contributed by atoms with E-state index in [-0.39, 0.29) is 0 Å². The summed E-state index contributed by atoms with van der Waals surface area (Å²) in [6.07, 6.45) is 1.37. The van der Waals surface area contributed by atoms with Gasteiger partial charge in [-0.2, -0.15) is 10.4 Å². The minimum atomic E-state index is -0.601. The summed E-state index contributed by atoms with van der Waals surface area (Å²) in [5.41, 5.74) is 1.68. The Hall–Kier alpha value is -1.67. The molecule has 0 unspecified atom stereocenters. The highest BCUT2D eigenvalue weighted by Crippen LogP contribution is 2.27. The van der Waals surface area contributed by atoms with Crippen LogP contribution in [0.4, 0.5) is 5.82 Å². The summed E-state index contributed by atoms with van der Waals surface area (Å²) in [5.74, 6) is 0.649. The number of nitriles is 1. The first-order valence-corrected chi connectivity index (χ1v) is 6.16. The summed E-state index contributed by atoms with van der Waals surface area (Å²) in [4.78, 5) is 2.04. The Balaban J connectivity index is 2.31. The molecule has 0 bridgehead atoms. The van der Waals surface area contributed by atoms with E-state index in [0.717, 1.165) is 11.3 Å². The van der Waals surface area contributed by atoms with Gasteiger partial charge in [-0.15, -0.1) is 5.10 Å². The van der Waals surface area contributed by atoms with Gasteiger partial charge >= 0.3 is 0 Å². The van der Waals surface area contributed by atoms with Crippen LogP contribution in [0.5, 0.6) is 0 Å². The Morgan fingerprint density at radius 2 is 1.89 bits per heavy atom. The zero-order valence-electron chi connectivity index (χ0n) is 11.1. The third kappa shape index (κ3) is 2.29. The molecular formula is C13H18N4O. The molecule has 2 rings (SSSR count). The fourth-order valence-corrected chi connectivity index (χ4v) is 2.15. The van der Waals surface area contributed by atoms with Crippen LogP contribution < -0.4 is 4.90 Å². The Labute approximate surface area is 107 Å². The van der Waals surface area contributed by atoms with Crippen LogP contribution in [0, 0.1) is 25.2 Å². The summed E-state index contributed by atoms with van der Waals surface area (Å²) in [5, 5.41) is 27.4. The van der Waals surface area contributed by atoms with Gasteiger partial charge in [0.25, 0.3) is 0 Å². The fraction of sp³-hybridized carbons (Fsp3) is 0.615. The molecule has 0 saturated carbocycles. The molecule has 2 heterocycles. The smallest absolute Gasteiger partial charge is 0.169 e. The number of anilines is 1. The molecule has 5 nitrogen and oxygen atoms in total. The van der Waals surface area contributed by atoms with Crippen LogP contribution in [0.2, 0.25) is 0 Å². The first-order valence-electron chi connectivity index (χ1n) is 6.16.